The van der Waals surface area contributed by atoms with E-state index < -0.39 is 11.0 Å². The summed E-state index contributed by atoms with van der Waals surface area (Å²) >= 11 is 1.52. The van der Waals surface area contributed by atoms with E-state index in [-0.39, 0.29) is 23.8 Å². The summed E-state index contributed by atoms with van der Waals surface area (Å²) in [5.74, 6) is -0.351. The zero-order chi connectivity index (χ0) is 26.8. The number of aromatic nitrogens is 1. The molecule has 1 N–H and O–H groups in total. The largest absolute Gasteiger partial charge is 0.329 e. The van der Waals surface area contributed by atoms with Crippen molar-refractivity contribution in [1.29, 1.82) is 0 Å². The molecular formula is C29H24N4O4S. The van der Waals surface area contributed by atoms with Crippen LogP contribution in [0.3, 0.4) is 0 Å². The number of carbonyl (C=O) groups excluding carboxylic acids is 2. The Morgan fingerprint density at radius 3 is 2.18 bits per heavy atom. The minimum absolute atomic E-state index is 0.0665. The second kappa shape index (κ2) is 10.4. The number of nitro benzene ring substituents is 1. The zero-order valence-corrected chi connectivity index (χ0v) is 21.6. The van der Waals surface area contributed by atoms with Gasteiger partial charge in [0.1, 0.15) is 5.70 Å². The highest BCUT2D eigenvalue weighted by Crippen LogP contribution is 2.31. The van der Waals surface area contributed by atoms with Crippen LogP contribution in [0.2, 0.25) is 0 Å². The monoisotopic (exact) mass is 524 g/mol. The lowest BCUT2D eigenvalue weighted by atomic mass is 10.2. The van der Waals surface area contributed by atoms with Crippen LogP contribution in [0, 0.1) is 24.0 Å². The van der Waals surface area contributed by atoms with Gasteiger partial charge in [0, 0.05) is 39.0 Å². The fourth-order valence-electron chi connectivity index (χ4n) is 4.40. The molecule has 0 aliphatic carbocycles. The Morgan fingerprint density at radius 2 is 1.55 bits per heavy atom. The molecule has 0 unspecified atom stereocenters. The molecule has 3 amide bonds. The smallest absolute Gasteiger partial charge is 0.318 e. The highest BCUT2D eigenvalue weighted by molar-refractivity contribution is 7.99. The van der Waals surface area contributed by atoms with Gasteiger partial charge in [-0.05, 0) is 73.5 Å². The Bertz CT molecular complexity index is 1560. The number of nitrogens with one attached hydrogen (secondary N) is 1. The molecule has 38 heavy (non-hydrogen) atoms. The van der Waals surface area contributed by atoms with Gasteiger partial charge in [-0.3, -0.25) is 19.8 Å². The van der Waals surface area contributed by atoms with Gasteiger partial charge >= 0.3 is 6.03 Å². The van der Waals surface area contributed by atoms with Crippen LogP contribution in [0.4, 0.5) is 10.5 Å². The molecule has 0 bridgehead atoms. The first-order valence-electron chi connectivity index (χ1n) is 11.9. The third-order valence-electron chi connectivity index (χ3n) is 6.29. The number of nitro groups is 1. The van der Waals surface area contributed by atoms with Crippen molar-refractivity contribution in [2.75, 3.05) is 0 Å². The third kappa shape index (κ3) is 5.09. The summed E-state index contributed by atoms with van der Waals surface area (Å²) in [5.41, 5.74) is 4.93. The van der Waals surface area contributed by atoms with Gasteiger partial charge in [-0.1, -0.05) is 42.1 Å². The van der Waals surface area contributed by atoms with Gasteiger partial charge in [0.05, 0.1) is 11.5 Å². The number of imide groups is 1. The van der Waals surface area contributed by atoms with Gasteiger partial charge in [-0.25, -0.2) is 4.79 Å². The SMILES string of the molecule is Cc1cc(/C=C2/NC(=O)N(Cc3ccccc3)C2=O)c(C)n1-c1ccc(Sc2ccc([N+](=O)[O-])cc2)cc1. The van der Waals surface area contributed by atoms with Gasteiger partial charge in [0.2, 0.25) is 0 Å². The minimum atomic E-state index is -0.431. The number of nitrogens with zero attached hydrogens (tertiary/aromatic N) is 3. The van der Waals surface area contributed by atoms with E-state index in [1.165, 1.54) is 28.8 Å². The van der Waals surface area contributed by atoms with Gasteiger partial charge in [0.25, 0.3) is 11.6 Å². The van der Waals surface area contributed by atoms with Crippen molar-refractivity contribution < 1.29 is 14.5 Å². The fourth-order valence-corrected chi connectivity index (χ4v) is 5.22. The Kier molecular flexibility index (Phi) is 6.85. The average molecular weight is 525 g/mol. The van der Waals surface area contributed by atoms with Crippen molar-refractivity contribution in [3.8, 4) is 5.69 Å². The van der Waals surface area contributed by atoms with Crippen molar-refractivity contribution in [3.05, 3.63) is 123 Å². The molecule has 0 saturated carbocycles. The third-order valence-corrected chi connectivity index (χ3v) is 7.31. The first-order chi connectivity index (χ1) is 18.3. The lowest BCUT2D eigenvalue weighted by Gasteiger charge is -2.11. The van der Waals surface area contributed by atoms with Gasteiger partial charge in [-0.15, -0.1) is 0 Å². The Morgan fingerprint density at radius 1 is 0.921 bits per heavy atom. The lowest BCUT2D eigenvalue weighted by Crippen LogP contribution is -2.30. The number of rotatable bonds is 7. The van der Waals surface area contributed by atoms with Crippen LogP contribution >= 0.6 is 11.8 Å². The van der Waals surface area contributed by atoms with E-state index in [2.05, 4.69) is 9.88 Å². The summed E-state index contributed by atoms with van der Waals surface area (Å²) in [6, 6.07) is 25.4. The van der Waals surface area contributed by atoms with E-state index in [1.54, 1.807) is 18.2 Å². The number of hydrogen-bond acceptors (Lipinski definition) is 5. The molecule has 0 spiro atoms. The van der Waals surface area contributed by atoms with Crippen LogP contribution in [0.25, 0.3) is 11.8 Å². The molecule has 3 aromatic carbocycles. The van der Waals surface area contributed by atoms with Crippen molar-refractivity contribution in [2.45, 2.75) is 30.2 Å². The van der Waals surface area contributed by atoms with E-state index in [0.717, 1.165) is 38.0 Å². The molecule has 2 heterocycles. The lowest BCUT2D eigenvalue weighted by molar-refractivity contribution is -0.384. The number of urea groups is 1. The molecule has 1 aliphatic heterocycles. The van der Waals surface area contributed by atoms with Crippen LogP contribution in [0.15, 0.2) is 100 Å². The highest BCUT2D eigenvalue weighted by atomic mass is 32.2. The molecule has 5 rings (SSSR count). The molecule has 1 fully saturated rings. The topological polar surface area (TPSA) is 97.5 Å². The maximum absolute atomic E-state index is 13.0. The van der Waals surface area contributed by atoms with Crippen LogP contribution in [0.5, 0.6) is 0 Å². The van der Waals surface area contributed by atoms with Crippen molar-refractivity contribution >= 4 is 35.5 Å². The minimum Gasteiger partial charge on any atom is -0.318 e. The molecule has 9 heteroatoms. The second-order valence-corrected chi connectivity index (χ2v) is 10.0. The average Bonchev–Trinajstić information content (AvgIpc) is 3.34. The number of benzene rings is 3. The molecule has 8 nitrogen and oxygen atoms in total. The summed E-state index contributed by atoms with van der Waals surface area (Å²) in [6.45, 7) is 4.18. The Balaban J connectivity index is 1.34. The summed E-state index contributed by atoms with van der Waals surface area (Å²) in [4.78, 5) is 39.0. The van der Waals surface area contributed by atoms with Crippen LogP contribution in [0.1, 0.15) is 22.5 Å². The van der Waals surface area contributed by atoms with Gasteiger partial charge < -0.3 is 9.88 Å². The van der Waals surface area contributed by atoms with Crippen LogP contribution < -0.4 is 5.32 Å². The predicted octanol–water partition coefficient (Wildman–Crippen LogP) is 6.25. The molecule has 4 aromatic rings. The van der Waals surface area contributed by atoms with Crippen molar-refractivity contribution in [1.82, 2.24) is 14.8 Å². The quantitative estimate of drug-likeness (QED) is 0.133. The van der Waals surface area contributed by atoms with E-state index >= 15 is 0 Å². The fraction of sp³-hybridized carbons (Fsp3) is 0.103. The molecule has 0 atom stereocenters. The maximum Gasteiger partial charge on any atom is 0.329 e. The van der Waals surface area contributed by atoms with E-state index in [1.807, 2.05) is 74.5 Å². The predicted molar refractivity (Wildman–Crippen MR) is 146 cm³/mol. The van der Waals surface area contributed by atoms with E-state index in [4.69, 9.17) is 0 Å². The first-order valence-corrected chi connectivity index (χ1v) is 12.7. The van der Waals surface area contributed by atoms with Gasteiger partial charge in [0.15, 0.2) is 0 Å². The van der Waals surface area contributed by atoms with E-state index in [9.17, 15) is 19.7 Å². The molecular weight excluding hydrogens is 500 g/mol. The summed E-state index contributed by atoms with van der Waals surface area (Å²) < 4.78 is 2.09. The normalized spacial score (nSPS) is 14.3. The number of carbonyl (C=O) groups is 2. The zero-order valence-electron chi connectivity index (χ0n) is 20.8. The molecule has 190 valence electrons. The molecule has 0 radical (unpaired) electrons. The highest BCUT2D eigenvalue weighted by Gasteiger charge is 2.33. The van der Waals surface area contributed by atoms with Gasteiger partial charge in [-0.2, -0.15) is 0 Å². The standard InChI is InChI=1S/C29H24N4O4S/c1-19-16-22(17-27-28(34)31(29(35)30-27)18-21-6-4-3-5-7-21)20(2)32(19)23-8-12-25(13-9-23)38-26-14-10-24(11-15-26)33(36)37/h3-17H,18H2,1-2H3,(H,30,35)/b27-17+. The first kappa shape index (κ1) is 25.0. The Labute approximate surface area is 223 Å². The molecule has 1 saturated heterocycles. The van der Waals surface area contributed by atoms with Crippen LogP contribution in [-0.4, -0.2) is 26.3 Å². The molecule has 1 aromatic heterocycles. The number of hydrogen-bond donors (Lipinski definition) is 1. The number of amides is 3. The van der Waals surface area contributed by atoms with Crippen LogP contribution in [-0.2, 0) is 11.3 Å². The van der Waals surface area contributed by atoms with Crippen molar-refractivity contribution in [3.63, 3.8) is 0 Å². The van der Waals surface area contributed by atoms with E-state index in [0.29, 0.717) is 0 Å². The summed E-state index contributed by atoms with van der Waals surface area (Å²) in [5, 5.41) is 13.6. The second-order valence-electron chi connectivity index (χ2n) is 8.87. The summed E-state index contributed by atoms with van der Waals surface area (Å²) in [7, 11) is 0. The maximum atomic E-state index is 13.0. The summed E-state index contributed by atoms with van der Waals surface area (Å²) in [6.07, 6.45) is 1.73. The number of non-ortho nitro benzene ring substituents is 1. The molecule has 1 aliphatic rings. The number of aryl methyl sites for hydroxylation is 1. The Hall–Kier alpha value is -4.63. The van der Waals surface area contributed by atoms with Crippen molar-refractivity contribution in [2.24, 2.45) is 0 Å².